The van der Waals surface area contributed by atoms with Gasteiger partial charge in [0.2, 0.25) is 5.90 Å². The van der Waals surface area contributed by atoms with Gasteiger partial charge in [-0.15, -0.1) is 0 Å². The Labute approximate surface area is 146 Å². The first-order chi connectivity index (χ1) is 12.0. The van der Waals surface area contributed by atoms with Gasteiger partial charge in [0.25, 0.3) is 0 Å². The van der Waals surface area contributed by atoms with Crippen molar-refractivity contribution in [1.82, 2.24) is 0 Å². The van der Waals surface area contributed by atoms with E-state index in [1.54, 1.807) is 38.5 Å². The highest BCUT2D eigenvalue weighted by Crippen LogP contribution is 2.28. The van der Waals surface area contributed by atoms with Crippen molar-refractivity contribution in [3.8, 4) is 11.5 Å². The predicted molar refractivity (Wildman–Crippen MR) is 96.1 cm³/mol. The van der Waals surface area contributed by atoms with Crippen LogP contribution in [0.5, 0.6) is 11.5 Å². The smallest absolute Gasteiger partial charge is 0.363 e. The maximum atomic E-state index is 12.2. The lowest BCUT2D eigenvalue weighted by molar-refractivity contribution is -0.129. The first-order valence-corrected chi connectivity index (χ1v) is 7.84. The maximum absolute atomic E-state index is 12.2. The molecule has 0 spiro atoms. The molecule has 0 aromatic heterocycles. The van der Waals surface area contributed by atoms with Crippen LogP contribution >= 0.6 is 0 Å². The van der Waals surface area contributed by atoms with Gasteiger partial charge in [0.1, 0.15) is 11.5 Å². The summed E-state index contributed by atoms with van der Waals surface area (Å²) in [5.74, 6) is 1.10. The second-order valence-electron chi connectivity index (χ2n) is 5.74. The van der Waals surface area contributed by atoms with Gasteiger partial charge < -0.3 is 14.2 Å². The zero-order valence-electron chi connectivity index (χ0n) is 14.6. The Morgan fingerprint density at radius 3 is 2.48 bits per heavy atom. The lowest BCUT2D eigenvalue weighted by Gasteiger charge is -2.07. The Bertz CT molecular complexity index is 897. The number of esters is 1. The number of rotatable bonds is 4. The largest absolute Gasteiger partial charge is 0.497 e. The van der Waals surface area contributed by atoms with Gasteiger partial charge in [-0.25, -0.2) is 9.79 Å². The third-order valence-electron chi connectivity index (χ3n) is 4.10. The number of ether oxygens (including phenoxy) is 3. The highest BCUT2D eigenvalue weighted by Gasteiger charge is 2.24. The standard InChI is InChI=1S/C20H19NO4/c1-12-5-6-14(9-13(12)2)19-21-17(20(22)25-19)11-15-10-16(23-3)7-8-18(15)24-4/h5-11H,1-4H3/b17-11-. The molecule has 1 heterocycles. The van der Waals surface area contributed by atoms with E-state index < -0.39 is 5.97 Å². The summed E-state index contributed by atoms with van der Waals surface area (Å²) < 4.78 is 15.9. The lowest BCUT2D eigenvalue weighted by Crippen LogP contribution is -2.05. The summed E-state index contributed by atoms with van der Waals surface area (Å²) in [6.45, 7) is 4.04. The van der Waals surface area contributed by atoms with E-state index in [-0.39, 0.29) is 5.70 Å². The van der Waals surface area contributed by atoms with Crippen molar-refractivity contribution in [3.63, 3.8) is 0 Å². The summed E-state index contributed by atoms with van der Waals surface area (Å²) in [5, 5.41) is 0. The molecule has 0 unspecified atom stereocenters. The van der Waals surface area contributed by atoms with E-state index in [0.717, 1.165) is 11.1 Å². The Morgan fingerprint density at radius 2 is 1.80 bits per heavy atom. The molecule has 0 N–H and O–H groups in total. The van der Waals surface area contributed by atoms with E-state index in [9.17, 15) is 4.79 Å². The number of nitrogens with zero attached hydrogens (tertiary/aromatic N) is 1. The van der Waals surface area contributed by atoms with E-state index in [2.05, 4.69) is 4.99 Å². The monoisotopic (exact) mass is 337 g/mol. The first kappa shape index (κ1) is 16.8. The van der Waals surface area contributed by atoms with E-state index in [1.807, 2.05) is 32.0 Å². The number of aliphatic imine (C=N–C) groups is 1. The maximum Gasteiger partial charge on any atom is 0.363 e. The highest BCUT2D eigenvalue weighted by molar-refractivity contribution is 6.13. The molecule has 1 aliphatic rings. The summed E-state index contributed by atoms with van der Waals surface area (Å²) in [6, 6.07) is 11.2. The van der Waals surface area contributed by atoms with E-state index in [4.69, 9.17) is 14.2 Å². The average Bonchev–Trinajstić information content (AvgIpc) is 2.98. The molecule has 0 atom stereocenters. The number of hydrogen-bond acceptors (Lipinski definition) is 5. The van der Waals surface area contributed by atoms with Crippen LogP contribution in [0.15, 0.2) is 47.1 Å². The third-order valence-corrected chi connectivity index (χ3v) is 4.10. The molecular formula is C20H19NO4. The van der Waals surface area contributed by atoms with Gasteiger partial charge in [-0.05, 0) is 61.4 Å². The number of hydrogen-bond donors (Lipinski definition) is 0. The molecule has 0 radical (unpaired) electrons. The first-order valence-electron chi connectivity index (χ1n) is 7.84. The van der Waals surface area contributed by atoms with Crippen molar-refractivity contribution in [1.29, 1.82) is 0 Å². The normalized spacial score (nSPS) is 15.1. The summed E-state index contributed by atoms with van der Waals surface area (Å²) in [4.78, 5) is 16.5. The van der Waals surface area contributed by atoms with Crippen molar-refractivity contribution in [3.05, 3.63) is 64.3 Å². The van der Waals surface area contributed by atoms with Crippen molar-refractivity contribution in [2.75, 3.05) is 14.2 Å². The van der Waals surface area contributed by atoms with Gasteiger partial charge in [0, 0.05) is 11.1 Å². The van der Waals surface area contributed by atoms with E-state index in [0.29, 0.717) is 23.0 Å². The average molecular weight is 337 g/mol. The fraction of sp³-hybridized carbons (Fsp3) is 0.200. The van der Waals surface area contributed by atoms with Crippen LogP contribution in [0.3, 0.4) is 0 Å². The van der Waals surface area contributed by atoms with Crippen molar-refractivity contribution in [2.45, 2.75) is 13.8 Å². The van der Waals surface area contributed by atoms with Crippen LogP contribution in [0.4, 0.5) is 0 Å². The SMILES string of the molecule is COc1ccc(OC)c(/C=C2\N=C(c3ccc(C)c(C)c3)OC2=O)c1. The minimum Gasteiger partial charge on any atom is -0.497 e. The van der Waals surface area contributed by atoms with E-state index in [1.165, 1.54) is 5.56 Å². The topological polar surface area (TPSA) is 57.1 Å². The van der Waals surface area contributed by atoms with Crippen LogP contribution in [0.2, 0.25) is 0 Å². The molecule has 5 nitrogen and oxygen atoms in total. The number of methoxy groups -OCH3 is 2. The molecule has 1 aliphatic heterocycles. The molecule has 5 heteroatoms. The highest BCUT2D eigenvalue weighted by atomic mass is 16.6. The van der Waals surface area contributed by atoms with E-state index >= 15 is 0 Å². The van der Waals surface area contributed by atoms with Gasteiger partial charge in [-0.1, -0.05) is 6.07 Å². The van der Waals surface area contributed by atoms with Crippen molar-refractivity contribution >= 4 is 17.9 Å². The summed E-state index contributed by atoms with van der Waals surface area (Å²) in [6.07, 6.45) is 1.64. The fourth-order valence-electron chi connectivity index (χ4n) is 2.51. The van der Waals surface area contributed by atoms with Crippen LogP contribution in [0, 0.1) is 13.8 Å². The number of cyclic esters (lactones) is 1. The number of carbonyl (C=O) groups is 1. The summed E-state index contributed by atoms with van der Waals surface area (Å²) in [5.41, 5.74) is 3.98. The molecule has 0 aliphatic carbocycles. The number of aryl methyl sites for hydroxylation is 2. The molecule has 0 amide bonds. The Balaban J connectivity index is 2.00. The zero-order valence-corrected chi connectivity index (χ0v) is 14.6. The van der Waals surface area contributed by atoms with Crippen molar-refractivity contribution < 1.29 is 19.0 Å². The number of carbonyl (C=O) groups excluding carboxylic acids is 1. The fourth-order valence-corrected chi connectivity index (χ4v) is 2.51. The molecule has 0 fully saturated rings. The van der Waals surface area contributed by atoms with Crippen molar-refractivity contribution in [2.24, 2.45) is 4.99 Å². The Morgan fingerprint density at radius 1 is 1.00 bits per heavy atom. The molecule has 0 bridgehead atoms. The predicted octanol–water partition coefficient (Wildman–Crippen LogP) is 3.67. The van der Waals surface area contributed by atoms with Crippen LogP contribution in [-0.4, -0.2) is 26.1 Å². The molecular weight excluding hydrogens is 318 g/mol. The van der Waals surface area contributed by atoms with Gasteiger partial charge in [0.15, 0.2) is 5.70 Å². The quantitative estimate of drug-likeness (QED) is 0.631. The molecule has 0 saturated heterocycles. The molecule has 25 heavy (non-hydrogen) atoms. The second-order valence-corrected chi connectivity index (χ2v) is 5.74. The molecule has 2 aromatic rings. The number of benzene rings is 2. The molecule has 0 saturated carbocycles. The summed E-state index contributed by atoms with van der Waals surface area (Å²) in [7, 11) is 3.15. The Hall–Kier alpha value is -3.08. The molecule has 3 rings (SSSR count). The van der Waals surface area contributed by atoms with Gasteiger partial charge in [0.05, 0.1) is 14.2 Å². The van der Waals surface area contributed by atoms with Gasteiger partial charge in [-0.3, -0.25) is 0 Å². The van der Waals surface area contributed by atoms with Gasteiger partial charge in [-0.2, -0.15) is 0 Å². The zero-order chi connectivity index (χ0) is 18.0. The lowest BCUT2D eigenvalue weighted by atomic mass is 10.1. The van der Waals surface area contributed by atoms with Crippen LogP contribution in [0.1, 0.15) is 22.3 Å². The van der Waals surface area contributed by atoms with Crippen LogP contribution in [-0.2, 0) is 9.53 Å². The minimum atomic E-state index is -0.488. The minimum absolute atomic E-state index is 0.222. The van der Waals surface area contributed by atoms with Gasteiger partial charge >= 0.3 is 5.97 Å². The third kappa shape index (κ3) is 3.40. The Kier molecular flexibility index (Phi) is 4.57. The van der Waals surface area contributed by atoms with Crippen LogP contribution < -0.4 is 9.47 Å². The molecule has 2 aromatic carbocycles. The summed E-state index contributed by atoms with van der Waals surface area (Å²) >= 11 is 0. The molecule has 128 valence electrons. The second kappa shape index (κ2) is 6.81. The van der Waals surface area contributed by atoms with Crippen LogP contribution in [0.25, 0.3) is 6.08 Å².